The van der Waals surface area contributed by atoms with E-state index in [1.165, 1.54) is 17.0 Å². The Labute approximate surface area is 228 Å². The van der Waals surface area contributed by atoms with Gasteiger partial charge in [-0.25, -0.2) is 4.39 Å². The van der Waals surface area contributed by atoms with Gasteiger partial charge in [-0.3, -0.25) is 24.6 Å². The van der Waals surface area contributed by atoms with E-state index in [0.29, 0.717) is 43.6 Å². The molecule has 0 spiro atoms. The minimum Gasteiger partial charge on any atom is -0.384 e. The summed E-state index contributed by atoms with van der Waals surface area (Å²) in [6, 6.07) is 5.81. The molecule has 2 aromatic rings. The fourth-order valence-corrected chi connectivity index (χ4v) is 7.21. The van der Waals surface area contributed by atoms with E-state index in [0.717, 1.165) is 12.1 Å². The highest BCUT2D eigenvalue weighted by Crippen LogP contribution is 2.58. The molecule has 40 heavy (non-hydrogen) atoms. The molecule has 212 valence electrons. The summed E-state index contributed by atoms with van der Waals surface area (Å²) in [6.07, 6.45) is -3.04. The molecule has 3 aliphatic heterocycles. The number of carbonyl (C=O) groups is 3. The SMILES string of the molecule is CCC12Cc3cc4c(c(F)c3[C@]1(O)CCN(Cc1ccc(C(F)(F)F)cc1)C2)CN([C@@H]1CCC(=O)NC1=O)C4=O. The number of alkyl halides is 3. The zero-order valence-corrected chi connectivity index (χ0v) is 21.9. The van der Waals surface area contributed by atoms with Crippen molar-refractivity contribution in [2.45, 2.75) is 69.9 Å². The molecule has 0 saturated carbocycles. The molecule has 3 heterocycles. The van der Waals surface area contributed by atoms with Crippen molar-refractivity contribution >= 4 is 17.7 Å². The Hall–Kier alpha value is -3.31. The lowest BCUT2D eigenvalue weighted by Crippen LogP contribution is -2.56. The molecule has 3 amide bonds. The van der Waals surface area contributed by atoms with Gasteiger partial charge in [-0.1, -0.05) is 19.1 Å². The number of fused-ring (bicyclic) bond motifs is 4. The van der Waals surface area contributed by atoms with Crippen LogP contribution in [0.1, 0.15) is 70.8 Å². The van der Waals surface area contributed by atoms with E-state index in [-0.39, 0.29) is 42.5 Å². The normalized spacial score (nSPS) is 28.4. The van der Waals surface area contributed by atoms with Crippen LogP contribution in [0.2, 0.25) is 0 Å². The van der Waals surface area contributed by atoms with Crippen LogP contribution < -0.4 is 5.32 Å². The van der Waals surface area contributed by atoms with Crippen LogP contribution in [0.25, 0.3) is 0 Å². The smallest absolute Gasteiger partial charge is 0.384 e. The summed E-state index contributed by atoms with van der Waals surface area (Å²) in [6.45, 7) is 3.03. The van der Waals surface area contributed by atoms with Gasteiger partial charge < -0.3 is 10.0 Å². The van der Waals surface area contributed by atoms with Crippen molar-refractivity contribution in [2.75, 3.05) is 13.1 Å². The molecule has 11 heteroatoms. The zero-order chi connectivity index (χ0) is 28.6. The summed E-state index contributed by atoms with van der Waals surface area (Å²) in [5, 5.41) is 14.3. The average Bonchev–Trinajstić information content (AvgIpc) is 3.36. The van der Waals surface area contributed by atoms with Crippen molar-refractivity contribution in [3.63, 3.8) is 0 Å². The van der Waals surface area contributed by atoms with E-state index < -0.39 is 52.3 Å². The molecule has 2 fully saturated rings. The third kappa shape index (κ3) is 3.96. The third-order valence-electron chi connectivity index (χ3n) is 9.36. The predicted molar refractivity (Wildman–Crippen MR) is 134 cm³/mol. The summed E-state index contributed by atoms with van der Waals surface area (Å²) >= 11 is 0. The molecule has 2 saturated heterocycles. The molecule has 4 aliphatic rings. The summed E-state index contributed by atoms with van der Waals surface area (Å²) in [5.74, 6) is -2.07. The van der Waals surface area contributed by atoms with Crippen LogP contribution in [0.3, 0.4) is 0 Å². The second kappa shape index (κ2) is 9.10. The molecule has 3 atom stereocenters. The predicted octanol–water partition coefficient (Wildman–Crippen LogP) is 3.65. The number of carbonyl (C=O) groups excluding carboxylic acids is 3. The van der Waals surface area contributed by atoms with Gasteiger partial charge in [0.1, 0.15) is 17.5 Å². The molecule has 6 rings (SSSR count). The number of rotatable bonds is 4. The van der Waals surface area contributed by atoms with Crippen molar-refractivity contribution in [3.05, 3.63) is 69.5 Å². The highest BCUT2D eigenvalue weighted by molar-refractivity contribution is 6.05. The molecule has 0 aromatic heterocycles. The lowest BCUT2D eigenvalue weighted by Gasteiger charge is -2.50. The quantitative estimate of drug-likeness (QED) is 0.441. The van der Waals surface area contributed by atoms with E-state index in [2.05, 4.69) is 10.2 Å². The van der Waals surface area contributed by atoms with E-state index >= 15 is 4.39 Å². The Morgan fingerprint density at radius 2 is 1.88 bits per heavy atom. The monoisotopic (exact) mass is 559 g/mol. The van der Waals surface area contributed by atoms with Crippen LogP contribution in [0.5, 0.6) is 0 Å². The average molecular weight is 560 g/mol. The van der Waals surface area contributed by atoms with Crippen LogP contribution >= 0.6 is 0 Å². The second-order valence-corrected chi connectivity index (χ2v) is 11.5. The van der Waals surface area contributed by atoms with Gasteiger partial charge in [0.15, 0.2) is 0 Å². The number of benzene rings is 2. The number of nitrogens with one attached hydrogen (secondary N) is 1. The van der Waals surface area contributed by atoms with Gasteiger partial charge in [-0.05, 0) is 55.0 Å². The number of likely N-dealkylation sites (tertiary alicyclic amines) is 1. The van der Waals surface area contributed by atoms with Crippen molar-refractivity contribution in [1.29, 1.82) is 0 Å². The first-order valence-corrected chi connectivity index (χ1v) is 13.5. The number of imide groups is 1. The first-order valence-electron chi connectivity index (χ1n) is 13.5. The Morgan fingerprint density at radius 3 is 2.52 bits per heavy atom. The standard InChI is InChI=1S/C29H29F4N3O4/c1-2-27-12-17-11-19-20(14-36(26(19)39)21-7-8-22(37)34-25(21)38)24(30)23(17)28(27,40)9-10-35(15-27)13-16-3-5-18(6-4-16)29(31,32)33/h3-6,11,21,40H,2,7-10,12-15H2,1H3,(H,34,37,38)/t21-,27?,28-/m1/s1. The second-order valence-electron chi connectivity index (χ2n) is 11.5. The maximum absolute atomic E-state index is 16.2. The maximum Gasteiger partial charge on any atom is 0.416 e. The molecule has 1 aliphatic carbocycles. The van der Waals surface area contributed by atoms with Gasteiger partial charge in [0.05, 0.1) is 12.1 Å². The van der Waals surface area contributed by atoms with Crippen molar-refractivity contribution < 1.29 is 37.1 Å². The number of hydrogen-bond acceptors (Lipinski definition) is 5. The molecule has 1 unspecified atom stereocenters. The van der Waals surface area contributed by atoms with E-state index in [9.17, 15) is 32.7 Å². The lowest BCUT2D eigenvalue weighted by molar-refractivity contribution is -0.138. The molecule has 0 radical (unpaired) electrons. The van der Waals surface area contributed by atoms with Gasteiger partial charge in [0.25, 0.3) is 5.91 Å². The highest BCUT2D eigenvalue weighted by atomic mass is 19.4. The van der Waals surface area contributed by atoms with Crippen LogP contribution in [0, 0.1) is 11.2 Å². The van der Waals surface area contributed by atoms with E-state index in [1.807, 2.05) is 6.92 Å². The summed E-state index contributed by atoms with van der Waals surface area (Å²) in [4.78, 5) is 40.7. The van der Waals surface area contributed by atoms with Crippen molar-refractivity contribution in [1.82, 2.24) is 15.1 Å². The Bertz CT molecular complexity index is 1430. The molecule has 7 nitrogen and oxygen atoms in total. The van der Waals surface area contributed by atoms with Gasteiger partial charge in [-0.2, -0.15) is 13.2 Å². The first kappa shape index (κ1) is 26.9. The number of amides is 3. The van der Waals surface area contributed by atoms with E-state index in [1.54, 1.807) is 6.07 Å². The van der Waals surface area contributed by atoms with Gasteiger partial charge in [-0.15, -0.1) is 0 Å². The molecule has 2 aromatic carbocycles. The van der Waals surface area contributed by atoms with E-state index in [4.69, 9.17) is 0 Å². The Kier molecular flexibility index (Phi) is 6.12. The Balaban J connectivity index is 1.26. The minimum atomic E-state index is -4.41. The molecular formula is C29H29F4N3O4. The molecular weight excluding hydrogens is 530 g/mol. The van der Waals surface area contributed by atoms with Gasteiger partial charge in [0, 0.05) is 48.2 Å². The molecule has 2 N–H and O–H groups in total. The zero-order valence-electron chi connectivity index (χ0n) is 21.9. The fraction of sp³-hybridized carbons (Fsp3) is 0.483. The van der Waals surface area contributed by atoms with Crippen molar-refractivity contribution in [2.24, 2.45) is 5.41 Å². The number of halogens is 4. The minimum absolute atomic E-state index is 0.0945. The number of aliphatic hydroxyl groups is 1. The van der Waals surface area contributed by atoms with Crippen molar-refractivity contribution in [3.8, 4) is 0 Å². The number of hydrogen-bond donors (Lipinski definition) is 2. The van der Waals surface area contributed by atoms with Crippen LogP contribution in [0.4, 0.5) is 17.6 Å². The molecule has 0 bridgehead atoms. The highest BCUT2D eigenvalue weighted by Gasteiger charge is 2.60. The topological polar surface area (TPSA) is 89.9 Å². The van der Waals surface area contributed by atoms with Crippen LogP contribution in [-0.4, -0.2) is 51.8 Å². The lowest BCUT2D eigenvalue weighted by atomic mass is 9.66. The number of nitrogens with zero attached hydrogens (tertiary/aromatic N) is 2. The van der Waals surface area contributed by atoms with Crippen LogP contribution in [-0.2, 0) is 40.9 Å². The van der Waals surface area contributed by atoms with Gasteiger partial charge >= 0.3 is 6.18 Å². The van der Waals surface area contributed by atoms with Crippen LogP contribution in [0.15, 0.2) is 30.3 Å². The maximum atomic E-state index is 16.2. The third-order valence-corrected chi connectivity index (χ3v) is 9.36. The summed E-state index contributed by atoms with van der Waals surface area (Å²) in [7, 11) is 0. The summed E-state index contributed by atoms with van der Waals surface area (Å²) < 4.78 is 55.1. The Morgan fingerprint density at radius 1 is 1.15 bits per heavy atom. The summed E-state index contributed by atoms with van der Waals surface area (Å²) in [5.41, 5.74) is -1.10. The fourth-order valence-electron chi connectivity index (χ4n) is 7.21. The largest absolute Gasteiger partial charge is 0.416 e. The first-order chi connectivity index (χ1) is 18.9. The number of piperidine rings is 2. The van der Waals surface area contributed by atoms with Gasteiger partial charge in [0.2, 0.25) is 11.8 Å².